The zero-order valence-electron chi connectivity index (χ0n) is 12.8. The normalized spacial score (nSPS) is 13.0. The first-order chi connectivity index (χ1) is 11.0. The molecule has 23 heavy (non-hydrogen) atoms. The van der Waals surface area contributed by atoms with Crippen molar-refractivity contribution < 1.29 is 8.42 Å². The number of hydrogen-bond acceptors (Lipinski definition) is 5. The van der Waals surface area contributed by atoms with Crippen molar-refractivity contribution in [2.24, 2.45) is 0 Å². The van der Waals surface area contributed by atoms with E-state index in [4.69, 9.17) is 0 Å². The summed E-state index contributed by atoms with van der Waals surface area (Å²) in [6, 6.07) is 16.1. The van der Waals surface area contributed by atoms with Crippen LogP contribution in [0.4, 0.5) is 0 Å². The van der Waals surface area contributed by atoms with Crippen LogP contribution in [0.25, 0.3) is 5.69 Å². The summed E-state index contributed by atoms with van der Waals surface area (Å²) in [4.78, 5) is 0.271. The lowest BCUT2D eigenvalue weighted by molar-refractivity contribution is 0.580. The Morgan fingerprint density at radius 3 is 2.48 bits per heavy atom. The van der Waals surface area contributed by atoms with Crippen LogP contribution in [0.1, 0.15) is 23.6 Å². The lowest BCUT2D eigenvalue weighted by atomic mass is 10.2. The molecule has 0 radical (unpaired) electrons. The molecule has 2 aromatic carbocycles. The third-order valence-corrected chi connectivity index (χ3v) is 5.69. The Kier molecular flexibility index (Phi) is 3.96. The minimum Gasteiger partial charge on any atom is -0.223 e. The molecule has 7 heteroatoms. The smallest absolute Gasteiger partial charge is 0.188 e. The fourth-order valence-electron chi connectivity index (χ4n) is 2.34. The molecule has 0 saturated carbocycles. The van der Waals surface area contributed by atoms with Crippen molar-refractivity contribution in [3.63, 3.8) is 0 Å². The molecule has 0 aliphatic heterocycles. The van der Waals surface area contributed by atoms with Gasteiger partial charge in [0.15, 0.2) is 15.7 Å². The van der Waals surface area contributed by atoms with Gasteiger partial charge in [0.25, 0.3) is 0 Å². The fraction of sp³-hybridized carbons (Fsp3) is 0.188. The van der Waals surface area contributed by atoms with Gasteiger partial charge in [0.1, 0.15) is 5.25 Å². The lowest BCUT2D eigenvalue weighted by Crippen LogP contribution is -2.16. The third kappa shape index (κ3) is 2.87. The largest absolute Gasteiger partial charge is 0.223 e. The van der Waals surface area contributed by atoms with Crippen molar-refractivity contribution in [3.05, 3.63) is 66.0 Å². The summed E-state index contributed by atoms with van der Waals surface area (Å²) in [6.07, 6.45) is 0. The van der Waals surface area contributed by atoms with Crippen molar-refractivity contribution in [1.82, 2.24) is 20.2 Å². The van der Waals surface area contributed by atoms with Crippen LogP contribution in [0.2, 0.25) is 0 Å². The van der Waals surface area contributed by atoms with Crippen LogP contribution in [-0.2, 0) is 9.84 Å². The summed E-state index contributed by atoms with van der Waals surface area (Å²) in [5, 5.41) is 10.6. The van der Waals surface area contributed by atoms with E-state index in [0.717, 1.165) is 11.3 Å². The molecule has 0 N–H and O–H groups in total. The number of sulfone groups is 1. The van der Waals surface area contributed by atoms with Gasteiger partial charge in [-0.2, -0.15) is 4.68 Å². The van der Waals surface area contributed by atoms with Gasteiger partial charge in [0.2, 0.25) is 0 Å². The van der Waals surface area contributed by atoms with Gasteiger partial charge in [-0.25, -0.2) is 8.42 Å². The molecule has 0 aliphatic carbocycles. The fourth-order valence-corrected chi connectivity index (χ4v) is 3.79. The molecule has 0 amide bonds. The van der Waals surface area contributed by atoms with Gasteiger partial charge in [0.05, 0.1) is 10.6 Å². The Balaban J connectivity index is 2.05. The van der Waals surface area contributed by atoms with Gasteiger partial charge in [-0.1, -0.05) is 30.3 Å². The van der Waals surface area contributed by atoms with Crippen LogP contribution >= 0.6 is 0 Å². The molecule has 3 rings (SSSR count). The highest BCUT2D eigenvalue weighted by Crippen LogP contribution is 2.28. The molecular formula is C16H16N4O2S. The molecule has 118 valence electrons. The Bertz CT molecular complexity index is 920. The van der Waals surface area contributed by atoms with Gasteiger partial charge in [-0.15, -0.1) is 5.10 Å². The summed E-state index contributed by atoms with van der Waals surface area (Å²) >= 11 is 0. The number of nitrogens with zero attached hydrogens (tertiary/aromatic N) is 4. The molecular weight excluding hydrogens is 312 g/mol. The van der Waals surface area contributed by atoms with Crippen LogP contribution in [0, 0.1) is 6.92 Å². The number of benzene rings is 2. The summed E-state index contributed by atoms with van der Waals surface area (Å²) in [7, 11) is -3.58. The number of aryl methyl sites for hydroxylation is 1. The average molecular weight is 328 g/mol. The van der Waals surface area contributed by atoms with E-state index >= 15 is 0 Å². The van der Waals surface area contributed by atoms with Crippen molar-refractivity contribution in [2.75, 3.05) is 0 Å². The minimum atomic E-state index is -3.58. The summed E-state index contributed by atoms with van der Waals surface area (Å²) in [5.41, 5.74) is 1.61. The van der Waals surface area contributed by atoms with E-state index in [1.165, 1.54) is 4.68 Å². The predicted octanol–water partition coefficient (Wildman–Crippen LogP) is 2.51. The highest BCUT2D eigenvalue weighted by Gasteiger charge is 2.30. The number of para-hydroxylation sites is 1. The second-order valence-corrected chi connectivity index (χ2v) is 7.56. The van der Waals surface area contributed by atoms with Crippen LogP contribution in [-0.4, -0.2) is 28.6 Å². The van der Waals surface area contributed by atoms with E-state index in [1.54, 1.807) is 25.1 Å². The zero-order valence-corrected chi connectivity index (χ0v) is 13.6. The monoisotopic (exact) mass is 328 g/mol. The van der Waals surface area contributed by atoms with E-state index in [-0.39, 0.29) is 10.7 Å². The highest BCUT2D eigenvalue weighted by atomic mass is 32.2. The minimum absolute atomic E-state index is 0.271. The number of aromatic nitrogens is 4. The van der Waals surface area contributed by atoms with Crippen LogP contribution in [0.3, 0.4) is 0 Å². The first-order valence-corrected chi connectivity index (χ1v) is 8.69. The van der Waals surface area contributed by atoms with Crippen molar-refractivity contribution in [3.8, 4) is 5.69 Å². The quantitative estimate of drug-likeness (QED) is 0.735. The van der Waals surface area contributed by atoms with Crippen molar-refractivity contribution in [1.29, 1.82) is 0 Å². The maximum Gasteiger partial charge on any atom is 0.188 e. The van der Waals surface area contributed by atoms with E-state index in [1.807, 2.05) is 43.3 Å². The number of rotatable bonds is 4. The maximum atomic E-state index is 12.9. The highest BCUT2D eigenvalue weighted by molar-refractivity contribution is 7.91. The number of tetrazole rings is 1. The molecule has 0 unspecified atom stereocenters. The Labute approximate surface area is 134 Å². The standard InChI is InChI=1S/C16H16N4O2S/c1-12-7-6-10-15(11-12)23(21,22)13(2)16-17-18-19-20(16)14-8-4-3-5-9-14/h3-11,13H,1-2H3/t13-/m0/s1. The molecule has 1 aromatic heterocycles. The summed E-state index contributed by atoms with van der Waals surface area (Å²) in [5.74, 6) is 0.290. The van der Waals surface area contributed by atoms with Crippen LogP contribution in [0.5, 0.6) is 0 Å². The molecule has 1 heterocycles. The topological polar surface area (TPSA) is 77.7 Å². The van der Waals surface area contributed by atoms with Gasteiger partial charge >= 0.3 is 0 Å². The molecule has 0 fully saturated rings. The van der Waals surface area contributed by atoms with Gasteiger partial charge in [0, 0.05) is 0 Å². The average Bonchev–Trinajstić information content (AvgIpc) is 3.04. The van der Waals surface area contributed by atoms with E-state index < -0.39 is 15.1 Å². The van der Waals surface area contributed by atoms with E-state index in [9.17, 15) is 8.42 Å². The SMILES string of the molecule is Cc1cccc(S(=O)(=O)[C@@H](C)c2nnnn2-c2ccccc2)c1. The molecule has 1 atom stereocenters. The first-order valence-electron chi connectivity index (χ1n) is 7.14. The van der Waals surface area contributed by atoms with E-state index in [0.29, 0.717) is 0 Å². The van der Waals surface area contributed by atoms with E-state index in [2.05, 4.69) is 15.5 Å². The second kappa shape index (κ2) is 5.92. The maximum absolute atomic E-state index is 12.9. The predicted molar refractivity (Wildman–Crippen MR) is 85.9 cm³/mol. The summed E-state index contributed by atoms with van der Waals surface area (Å²) in [6.45, 7) is 3.46. The Hall–Kier alpha value is -2.54. The van der Waals surface area contributed by atoms with Gasteiger partial charge < -0.3 is 0 Å². The zero-order chi connectivity index (χ0) is 16.4. The molecule has 0 saturated heterocycles. The summed E-state index contributed by atoms with van der Waals surface area (Å²) < 4.78 is 27.2. The Morgan fingerprint density at radius 1 is 1.04 bits per heavy atom. The number of hydrogen-bond donors (Lipinski definition) is 0. The molecule has 3 aromatic rings. The third-order valence-electron chi connectivity index (χ3n) is 3.64. The second-order valence-electron chi connectivity index (χ2n) is 5.29. The van der Waals surface area contributed by atoms with Crippen molar-refractivity contribution >= 4 is 9.84 Å². The van der Waals surface area contributed by atoms with Crippen LogP contribution < -0.4 is 0 Å². The molecule has 0 aliphatic rings. The van der Waals surface area contributed by atoms with Gasteiger partial charge in [-0.05, 0) is 54.1 Å². The van der Waals surface area contributed by atoms with Crippen molar-refractivity contribution in [2.45, 2.75) is 24.0 Å². The molecule has 0 spiro atoms. The molecule has 0 bridgehead atoms. The first kappa shape index (κ1) is 15.4. The molecule has 6 nitrogen and oxygen atoms in total. The Morgan fingerprint density at radius 2 is 1.78 bits per heavy atom. The van der Waals surface area contributed by atoms with Crippen LogP contribution in [0.15, 0.2) is 59.5 Å². The van der Waals surface area contributed by atoms with Gasteiger partial charge in [-0.3, -0.25) is 0 Å². The lowest BCUT2D eigenvalue weighted by Gasteiger charge is -2.13.